The van der Waals surface area contributed by atoms with Crippen molar-refractivity contribution in [2.75, 3.05) is 23.3 Å². The van der Waals surface area contributed by atoms with Gasteiger partial charge in [-0.3, -0.25) is 0 Å². The lowest BCUT2D eigenvalue weighted by Crippen LogP contribution is -2.52. The molecule has 0 bridgehead atoms. The molecule has 0 aliphatic carbocycles. The van der Waals surface area contributed by atoms with Crippen molar-refractivity contribution in [1.29, 1.82) is 0 Å². The van der Waals surface area contributed by atoms with Crippen molar-refractivity contribution in [2.45, 2.75) is 26.3 Å². The summed E-state index contributed by atoms with van der Waals surface area (Å²) in [5, 5.41) is 13.0. The number of nitrogens with one attached hydrogen (secondary N) is 1. The van der Waals surface area contributed by atoms with Gasteiger partial charge in [0.1, 0.15) is 11.4 Å². The minimum absolute atomic E-state index is 0.0928. The van der Waals surface area contributed by atoms with Crippen molar-refractivity contribution in [3.63, 3.8) is 0 Å². The molecule has 2 rings (SSSR count). The molecular formula is C12H18N2O. The van der Waals surface area contributed by atoms with Crippen LogP contribution in [0.3, 0.4) is 0 Å². The molecule has 0 unspecified atom stereocenters. The number of phenols is 1. The van der Waals surface area contributed by atoms with E-state index in [4.69, 9.17) is 0 Å². The Hall–Kier alpha value is -1.38. The number of rotatable bonds is 1. The minimum Gasteiger partial charge on any atom is -0.506 e. The number of hydrogen-bond donors (Lipinski definition) is 2. The smallest absolute Gasteiger partial charge is 0.140 e. The van der Waals surface area contributed by atoms with E-state index in [-0.39, 0.29) is 5.54 Å². The van der Waals surface area contributed by atoms with Crippen LogP contribution in [0, 0.1) is 0 Å². The molecular weight excluding hydrogens is 188 g/mol. The summed E-state index contributed by atoms with van der Waals surface area (Å²) in [4.78, 5) is 2.32. The number of nitrogens with zero attached hydrogens (tertiary/aromatic N) is 1. The summed E-state index contributed by atoms with van der Waals surface area (Å²) in [5.74, 6) is 0.335. The van der Waals surface area contributed by atoms with Gasteiger partial charge in [-0.2, -0.15) is 0 Å². The van der Waals surface area contributed by atoms with E-state index >= 15 is 0 Å². The Morgan fingerprint density at radius 2 is 2.20 bits per heavy atom. The van der Waals surface area contributed by atoms with E-state index in [0.29, 0.717) is 5.75 Å². The second-order valence-electron chi connectivity index (χ2n) is 4.58. The molecule has 0 aromatic heterocycles. The Bertz CT molecular complexity index is 374. The molecule has 3 heteroatoms. The van der Waals surface area contributed by atoms with Gasteiger partial charge in [-0.1, -0.05) is 6.07 Å². The topological polar surface area (TPSA) is 35.5 Å². The summed E-state index contributed by atoms with van der Waals surface area (Å²) in [6.07, 6.45) is 0. The number of para-hydroxylation sites is 1. The normalized spacial score (nSPS) is 18.2. The van der Waals surface area contributed by atoms with Crippen LogP contribution in [0.2, 0.25) is 0 Å². The lowest BCUT2D eigenvalue weighted by Gasteiger charge is -2.45. The van der Waals surface area contributed by atoms with E-state index in [0.717, 1.165) is 24.5 Å². The Kier molecular flexibility index (Phi) is 2.25. The van der Waals surface area contributed by atoms with Gasteiger partial charge >= 0.3 is 0 Å². The van der Waals surface area contributed by atoms with Crippen molar-refractivity contribution in [3.8, 4) is 5.75 Å². The van der Waals surface area contributed by atoms with Crippen LogP contribution in [0.25, 0.3) is 0 Å². The number of benzene rings is 1. The van der Waals surface area contributed by atoms with E-state index in [1.54, 1.807) is 6.07 Å². The van der Waals surface area contributed by atoms with Crippen LogP contribution < -0.4 is 10.2 Å². The third-order valence-electron chi connectivity index (χ3n) is 3.06. The molecule has 1 aromatic carbocycles. The van der Waals surface area contributed by atoms with Crippen molar-refractivity contribution in [3.05, 3.63) is 18.2 Å². The molecule has 2 N–H and O–H groups in total. The number of phenolic OH excluding ortho intramolecular Hbond substituents is 1. The monoisotopic (exact) mass is 206 g/mol. The van der Waals surface area contributed by atoms with Crippen molar-refractivity contribution >= 4 is 11.4 Å². The second-order valence-corrected chi connectivity index (χ2v) is 4.58. The fourth-order valence-electron chi connectivity index (χ4n) is 2.26. The lowest BCUT2D eigenvalue weighted by molar-refractivity contribution is 0.458. The van der Waals surface area contributed by atoms with Gasteiger partial charge in [0.15, 0.2) is 0 Å². The van der Waals surface area contributed by atoms with Gasteiger partial charge in [-0.15, -0.1) is 0 Å². The van der Waals surface area contributed by atoms with Gasteiger partial charge in [0.25, 0.3) is 0 Å². The first kappa shape index (κ1) is 10.1. The fourth-order valence-corrected chi connectivity index (χ4v) is 2.26. The number of fused-ring (bicyclic) bond motifs is 1. The maximum atomic E-state index is 9.75. The predicted octanol–water partition coefficient (Wildman–Crippen LogP) is 2.42. The van der Waals surface area contributed by atoms with E-state index in [1.165, 1.54) is 0 Å². The van der Waals surface area contributed by atoms with Crippen LogP contribution in [0.15, 0.2) is 18.2 Å². The van der Waals surface area contributed by atoms with E-state index in [1.807, 2.05) is 12.1 Å². The van der Waals surface area contributed by atoms with E-state index in [9.17, 15) is 5.11 Å². The summed E-state index contributed by atoms with van der Waals surface area (Å²) < 4.78 is 0. The highest BCUT2D eigenvalue weighted by Gasteiger charge is 2.32. The molecule has 1 aliphatic heterocycles. The third kappa shape index (κ3) is 1.52. The molecule has 1 aliphatic rings. The van der Waals surface area contributed by atoms with Crippen molar-refractivity contribution < 1.29 is 5.11 Å². The molecule has 0 saturated carbocycles. The molecule has 0 fully saturated rings. The quantitative estimate of drug-likeness (QED) is 0.693. The summed E-state index contributed by atoms with van der Waals surface area (Å²) in [7, 11) is 0. The van der Waals surface area contributed by atoms with Crippen LogP contribution in [0.5, 0.6) is 5.75 Å². The Labute approximate surface area is 90.7 Å². The maximum absolute atomic E-state index is 9.75. The van der Waals surface area contributed by atoms with Gasteiger partial charge in [-0.25, -0.2) is 0 Å². The first-order valence-electron chi connectivity index (χ1n) is 5.40. The van der Waals surface area contributed by atoms with Gasteiger partial charge in [-0.05, 0) is 32.9 Å². The molecule has 15 heavy (non-hydrogen) atoms. The molecule has 82 valence electrons. The average molecular weight is 206 g/mol. The third-order valence-corrected chi connectivity index (χ3v) is 3.06. The zero-order valence-corrected chi connectivity index (χ0v) is 9.54. The first-order chi connectivity index (χ1) is 7.06. The molecule has 1 aromatic rings. The SMILES string of the molecule is CCN1c2cccc(O)c2NCC1(C)C. The van der Waals surface area contributed by atoms with E-state index in [2.05, 4.69) is 31.0 Å². The van der Waals surface area contributed by atoms with Crippen LogP contribution in [0.4, 0.5) is 11.4 Å². The molecule has 0 radical (unpaired) electrons. The highest BCUT2D eigenvalue weighted by Crippen LogP contribution is 2.40. The Morgan fingerprint density at radius 1 is 1.47 bits per heavy atom. The fraction of sp³-hybridized carbons (Fsp3) is 0.500. The van der Waals surface area contributed by atoms with E-state index < -0.39 is 0 Å². The molecule has 0 atom stereocenters. The van der Waals surface area contributed by atoms with Gasteiger partial charge in [0, 0.05) is 13.1 Å². The summed E-state index contributed by atoms with van der Waals surface area (Å²) in [6, 6.07) is 5.66. The Balaban J connectivity index is 2.51. The second kappa shape index (κ2) is 3.33. The van der Waals surface area contributed by atoms with Crippen molar-refractivity contribution in [2.24, 2.45) is 0 Å². The van der Waals surface area contributed by atoms with Crippen LogP contribution in [0.1, 0.15) is 20.8 Å². The minimum atomic E-state index is 0.0928. The van der Waals surface area contributed by atoms with Gasteiger partial charge in [0.05, 0.1) is 11.2 Å². The zero-order valence-electron chi connectivity index (χ0n) is 9.54. The van der Waals surface area contributed by atoms with Crippen LogP contribution in [-0.2, 0) is 0 Å². The maximum Gasteiger partial charge on any atom is 0.140 e. The molecule has 0 amide bonds. The van der Waals surface area contributed by atoms with Crippen LogP contribution >= 0.6 is 0 Å². The first-order valence-corrected chi connectivity index (χ1v) is 5.40. The van der Waals surface area contributed by atoms with Gasteiger partial charge < -0.3 is 15.3 Å². The van der Waals surface area contributed by atoms with Crippen molar-refractivity contribution in [1.82, 2.24) is 0 Å². The molecule has 0 spiro atoms. The molecule has 3 nitrogen and oxygen atoms in total. The van der Waals surface area contributed by atoms with Crippen LogP contribution in [-0.4, -0.2) is 23.7 Å². The average Bonchev–Trinajstić information content (AvgIpc) is 2.16. The number of likely N-dealkylation sites (N-methyl/N-ethyl adjacent to an activating group) is 1. The number of hydrogen-bond acceptors (Lipinski definition) is 3. The largest absolute Gasteiger partial charge is 0.506 e. The summed E-state index contributed by atoms with van der Waals surface area (Å²) >= 11 is 0. The number of aromatic hydroxyl groups is 1. The lowest BCUT2D eigenvalue weighted by atomic mass is 9.97. The van der Waals surface area contributed by atoms with Gasteiger partial charge in [0.2, 0.25) is 0 Å². The predicted molar refractivity (Wildman–Crippen MR) is 63.7 cm³/mol. The standard InChI is InChI=1S/C12H18N2O/c1-4-14-9-6-5-7-10(15)11(9)13-8-12(14,2)3/h5-7,13,15H,4,8H2,1-3H3. The molecule has 1 heterocycles. The Morgan fingerprint density at radius 3 is 2.87 bits per heavy atom. The number of anilines is 2. The zero-order chi connectivity index (χ0) is 11.1. The summed E-state index contributed by atoms with van der Waals surface area (Å²) in [6.45, 7) is 8.35. The summed E-state index contributed by atoms with van der Waals surface area (Å²) in [5.41, 5.74) is 2.04. The highest BCUT2D eigenvalue weighted by molar-refractivity contribution is 5.79. The molecule has 0 saturated heterocycles. The highest BCUT2D eigenvalue weighted by atomic mass is 16.3.